The second kappa shape index (κ2) is 5.31. The molecule has 1 saturated heterocycles. The lowest BCUT2D eigenvalue weighted by atomic mass is 9.99. The summed E-state index contributed by atoms with van der Waals surface area (Å²) in [7, 11) is 0. The maximum atomic E-state index is 13.0. The Kier molecular flexibility index (Phi) is 3.49. The molecule has 0 aliphatic carbocycles. The van der Waals surface area contributed by atoms with Crippen LogP contribution in [-0.4, -0.2) is 28.9 Å². The van der Waals surface area contributed by atoms with E-state index < -0.39 is 0 Å². The van der Waals surface area contributed by atoms with Crippen molar-refractivity contribution in [3.63, 3.8) is 0 Å². The molecule has 2 heterocycles. The number of benzene rings is 1. The largest absolute Gasteiger partial charge is 0.445 e. The van der Waals surface area contributed by atoms with Crippen molar-refractivity contribution in [2.75, 3.05) is 13.1 Å². The van der Waals surface area contributed by atoms with E-state index >= 15 is 0 Å². The van der Waals surface area contributed by atoms with Crippen LogP contribution in [0.4, 0.5) is 4.39 Å². The Bertz CT molecular complexity index is 663. The third-order valence-corrected chi connectivity index (χ3v) is 3.92. The number of carbonyl (C=O) groups is 1. The molecule has 0 spiro atoms. The second-order valence-corrected chi connectivity index (χ2v) is 5.43. The van der Waals surface area contributed by atoms with Gasteiger partial charge in [-0.2, -0.15) is 0 Å². The van der Waals surface area contributed by atoms with Crippen molar-refractivity contribution in [3.05, 3.63) is 53.0 Å². The van der Waals surface area contributed by atoms with E-state index in [0.29, 0.717) is 30.4 Å². The van der Waals surface area contributed by atoms with Crippen LogP contribution in [0.3, 0.4) is 0 Å². The fourth-order valence-corrected chi connectivity index (χ4v) is 2.83. The molecule has 1 aromatic carbocycles. The number of likely N-dealkylation sites (tertiary alicyclic amines) is 1. The number of oxazole rings is 1. The fourth-order valence-electron chi connectivity index (χ4n) is 2.83. The molecule has 21 heavy (non-hydrogen) atoms. The number of aryl methyl sites for hydroxylation is 2. The molecule has 0 saturated carbocycles. The summed E-state index contributed by atoms with van der Waals surface area (Å²) in [6, 6.07) is 6.51. The van der Waals surface area contributed by atoms with Gasteiger partial charge in [0.2, 0.25) is 0 Å². The summed E-state index contributed by atoms with van der Waals surface area (Å²) < 4.78 is 18.3. The Labute approximate surface area is 122 Å². The Morgan fingerprint density at radius 1 is 1.33 bits per heavy atom. The minimum Gasteiger partial charge on any atom is -0.445 e. The molecule has 1 aliphatic rings. The van der Waals surface area contributed by atoms with Crippen molar-refractivity contribution in [2.24, 2.45) is 0 Å². The fraction of sp³-hybridized carbons (Fsp3) is 0.375. The summed E-state index contributed by atoms with van der Waals surface area (Å²) in [6.45, 7) is 4.80. The SMILES string of the molecule is Cc1nc(C(=O)N2CC[C@@H](c3ccc(F)cc3)C2)c(C)o1. The molecule has 1 amide bonds. The van der Waals surface area contributed by atoms with E-state index in [0.717, 1.165) is 12.0 Å². The van der Waals surface area contributed by atoms with Gasteiger partial charge in [-0.1, -0.05) is 12.1 Å². The number of rotatable bonds is 2. The smallest absolute Gasteiger partial charge is 0.276 e. The van der Waals surface area contributed by atoms with Crippen LogP contribution in [0, 0.1) is 19.7 Å². The monoisotopic (exact) mass is 288 g/mol. The number of amides is 1. The van der Waals surface area contributed by atoms with E-state index in [1.807, 2.05) is 0 Å². The Balaban J connectivity index is 1.73. The normalized spacial score (nSPS) is 18.2. The second-order valence-electron chi connectivity index (χ2n) is 5.43. The molecule has 3 rings (SSSR count). The van der Waals surface area contributed by atoms with E-state index in [-0.39, 0.29) is 17.6 Å². The van der Waals surface area contributed by atoms with Crippen LogP contribution in [0.15, 0.2) is 28.7 Å². The zero-order chi connectivity index (χ0) is 15.0. The van der Waals surface area contributed by atoms with Gasteiger partial charge in [0, 0.05) is 25.9 Å². The van der Waals surface area contributed by atoms with E-state index in [9.17, 15) is 9.18 Å². The first-order chi connectivity index (χ1) is 10.0. The first-order valence-electron chi connectivity index (χ1n) is 7.03. The maximum Gasteiger partial charge on any atom is 0.276 e. The van der Waals surface area contributed by atoms with E-state index in [2.05, 4.69) is 4.98 Å². The zero-order valence-corrected chi connectivity index (χ0v) is 12.1. The van der Waals surface area contributed by atoms with Crippen LogP contribution >= 0.6 is 0 Å². The highest BCUT2D eigenvalue weighted by Crippen LogP contribution is 2.28. The quantitative estimate of drug-likeness (QED) is 0.853. The van der Waals surface area contributed by atoms with Gasteiger partial charge in [-0.05, 0) is 31.0 Å². The van der Waals surface area contributed by atoms with Crippen molar-refractivity contribution in [1.82, 2.24) is 9.88 Å². The van der Waals surface area contributed by atoms with Gasteiger partial charge in [-0.3, -0.25) is 4.79 Å². The van der Waals surface area contributed by atoms with Crippen molar-refractivity contribution < 1.29 is 13.6 Å². The third kappa shape index (κ3) is 2.68. The first-order valence-corrected chi connectivity index (χ1v) is 7.03. The van der Waals surface area contributed by atoms with Gasteiger partial charge < -0.3 is 9.32 Å². The van der Waals surface area contributed by atoms with Crippen LogP contribution in [-0.2, 0) is 0 Å². The lowest BCUT2D eigenvalue weighted by molar-refractivity contribution is 0.0784. The average Bonchev–Trinajstić information content (AvgIpc) is 3.06. The van der Waals surface area contributed by atoms with Crippen molar-refractivity contribution in [1.29, 1.82) is 0 Å². The van der Waals surface area contributed by atoms with E-state index in [1.165, 1.54) is 12.1 Å². The summed E-state index contributed by atoms with van der Waals surface area (Å²) in [6.07, 6.45) is 0.882. The maximum absolute atomic E-state index is 13.0. The van der Waals surface area contributed by atoms with Crippen LogP contribution in [0.25, 0.3) is 0 Å². The molecule has 4 nitrogen and oxygen atoms in total. The van der Waals surface area contributed by atoms with Gasteiger partial charge in [-0.15, -0.1) is 0 Å². The molecule has 1 atom stereocenters. The number of aromatic nitrogens is 1. The van der Waals surface area contributed by atoms with E-state index in [4.69, 9.17) is 4.42 Å². The van der Waals surface area contributed by atoms with Crippen LogP contribution in [0.5, 0.6) is 0 Å². The number of hydrogen-bond acceptors (Lipinski definition) is 3. The molecular weight excluding hydrogens is 271 g/mol. The highest BCUT2D eigenvalue weighted by Gasteiger charge is 2.30. The number of halogens is 1. The van der Waals surface area contributed by atoms with Gasteiger partial charge in [0.25, 0.3) is 5.91 Å². The highest BCUT2D eigenvalue weighted by atomic mass is 19.1. The summed E-state index contributed by atoms with van der Waals surface area (Å²) in [5.74, 6) is 0.989. The van der Waals surface area contributed by atoms with Gasteiger partial charge in [0.05, 0.1) is 0 Å². The molecule has 110 valence electrons. The number of hydrogen-bond donors (Lipinski definition) is 0. The molecule has 1 aromatic heterocycles. The molecular formula is C16H17FN2O2. The van der Waals surface area contributed by atoms with Crippen molar-refractivity contribution in [3.8, 4) is 0 Å². The molecule has 0 N–H and O–H groups in total. The topological polar surface area (TPSA) is 46.3 Å². The molecule has 2 aromatic rings. The summed E-state index contributed by atoms with van der Waals surface area (Å²) >= 11 is 0. The third-order valence-electron chi connectivity index (χ3n) is 3.92. The highest BCUT2D eigenvalue weighted by molar-refractivity contribution is 5.93. The average molecular weight is 288 g/mol. The zero-order valence-electron chi connectivity index (χ0n) is 12.1. The van der Waals surface area contributed by atoms with Gasteiger partial charge in [0.1, 0.15) is 11.6 Å². The first kappa shape index (κ1) is 13.8. The van der Waals surface area contributed by atoms with Crippen LogP contribution in [0.2, 0.25) is 0 Å². The molecule has 1 fully saturated rings. The molecule has 0 bridgehead atoms. The van der Waals surface area contributed by atoms with Gasteiger partial charge in [0.15, 0.2) is 11.6 Å². The Morgan fingerprint density at radius 3 is 2.67 bits per heavy atom. The standard InChI is InChI=1S/C16H17FN2O2/c1-10-15(18-11(2)21-10)16(20)19-8-7-13(9-19)12-3-5-14(17)6-4-12/h3-6,13H,7-9H2,1-2H3/t13-/m1/s1. The molecule has 5 heteroatoms. The van der Waals surface area contributed by atoms with Crippen LogP contribution in [0.1, 0.15) is 40.0 Å². The summed E-state index contributed by atoms with van der Waals surface area (Å²) in [4.78, 5) is 18.4. The van der Waals surface area contributed by atoms with Gasteiger partial charge in [-0.25, -0.2) is 9.37 Å². The molecule has 1 aliphatic heterocycles. The van der Waals surface area contributed by atoms with Crippen molar-refractivity contribution >= 4 is 5.91 Å². The Hall–Kier alpha value is -2.17. The predicted molar refractivity (Wildman–Crippen MR) is 75.6 cm³/mol. The minimum absolute atomic E-state index is 0.0889. The predicted octanol–water partition coefficient (Wildman–Crippen LogP) is 3.06. The van der Waals surface area contributed by atoms with Crippen LogP contribution < -0.4 is 0 Å². The van der Waals surface area contributed by atoms with Crippen molar-refractivity contribution in [2.45, 2.75) is 26.2 Å². The van der Waals surface area contributed by atoms with Gasteiger partial charge >= 0.3 is 0 Å². The lowest BCUT2D eigenvalue weighted by Gasteiger charge is -2.15. The number of nitrogens with zero attached hydrogens (tertiary/aromatic N) is 2. The van der Waals surface area contributed by atoms with E-state index in [1.54, 1.807) is 30.9 Å². The summed E-state index contributed by atoms with van der Waals surface area (Å²) in [5, 5.41) is 0. The molecule has 0 radical (unpaired) electrons. The molecule has 0 unspecified atom stereocenters. The lowest BCUT2D eigenvalue weighted by Crippen LogP contribution is -2.29. The minimum atomic E-state index is -0.238. The summed E-state index contributed by atoms with van der Waals surface area (Å²) in [5.41, 5.74) is 1.46. The Morgan fingerprint density at radius 2 is 2.05 bits per heavy atom. The number of carbonyl (C=O) groups excluding carboxylic acids is 1.